The Morgan fingerprint density at radius 2 is 2.18 bits per heavy atom. The molecule has 11 heavy (non-hydrogen) atoms. The van der Waals surface area contributed by atoms with Crippen LogP contribution in [-0.2, 0) is 0 Å². The van der Waals surface area contributed by atoms with Crippen molar-refractivity contribution in [2.45, 2.75) is 18.6 Å². The average Bonchev–Trinajstić information content (AvgIpc) is 1.93. The van der Waals surface area contributed by atoms with E-state index in [0.717, 1.165) is 11.3 Å². The smallest absolute Gasteiger partial charge is 0.0469 e. The second-order valence-electron chi connectivity index (χ2n) is 3.03. The number of nitrogens with two attached hydrogens (primary N) is 1. The Bertz CT molecular complexity index is 246. The van der Waals surface area contributed by atoms with Crippen molar-refractivity contribution in [2.24, 2.45) is 5.73 Å². The summed E-state index contributed by atoms with van der Waals surface area (Å²) in [6, 6.07) is 0. The van der Waals surface area contributed by atoms with Crippen molar-refractivity contribution in [1.29, 1.82) is 0 Å². The molecule has 0 saturated heterocycles. The monoisotopic (exact) mass is 167 g/mol. The van der Waals surface area contributed by atoms with Gasteiger partial charge in [-0.15, -0.1) is 0 Å². The van der Waals surface area contributed by atoms with Crippen LogP contribution in [0, 0.1) is 0 Å². The molecule has 0 bridgehead atoms. The summed E-state index contributed by atoms with van der Waals surface area (Å²) in [5.74, 6) is 0. The van der Waals surface area contributed by atoms with Crippen LogP contribution in [0.15, 0.2) is 35.6 Å². The van der Waals surface area contributed by atoms with Crippen LogP contribution in [0.2, 0.25) is 0 Å². The van der Waals surface area contributed by atoms with Crippen molar-refractivity contribution in [3.8, 4) is 0 Å². The first-order valence-corrected chi connectivity index (χ1v) is 4.03. The van der Waals surface area contributed by atoms with E-state index in [4.69, 9.17) is 5.73 Å². The maximum absolute atomic E-state index is 5.71. The molecule has 0 spiro atoms. The fourth-order valence-electron chi connectivity index (χ4n) is 1.05. The Morgan fingerprint density at radius 1 is 1.55 bits per heavy atom. The molecule has 0 aliphatic heterocycles. The predicted octanol–water partition coefficient (Wildman–Crippen LogP) is 2.03. The van der Waals surface area contributed by atoms with Gasteiger partial charge in [0.2, 0.25) is 0 Å². The molecule has 1 rings (SSSR count). The fourth-order valence-corrected chi connectivity index (χ4v) is 1.33. The molecule has 0 amide bonds. The summed E-state index contributed by atoms with van der Waals surface area (Å²) in [5.41, 5.74) is 7.62. The van der Waals surface area contributed by atoms with Crippen LogP contribution >= 0.6 is 12.6 Å². The zero-order valence-corrected chi connectivity index (χ0v) is 7.73. The van der Waals surface area contributed by atoms with Gasteiger partial charge in [-0.25, -0.2) is 0 Å². The first-order chi connectivity index (χ1) is 5.01. The van der Waals surface area contributed by atoms with Crippen molar-refractivity contribution >= 4 is 12.6 Å². The van der Waals surface area contributed by atoms with Crippen molar-refractivity contribution in [3.05, 3.63) is 35.6 Å². The average molecular weight is 167 g/mol. The largest absolute Gasteiger partial charge is 0.399 e. The highest BCUT2D eigenvalue weighted by molar-refractivity contribution is 7.82. The van der Waals surface area contributed by atoms with Crippen LogP contribution in [0.5, 0.6) is 0 Å². The molecular formula is C9H13NS. The molecule has 2 N–H and O–H groups in total. The summed E-state index contributed by atoms with van der Waals surface area (Å²) in [5, 5.41) is 0. The van der Waals surface area contributed by atoms with Crippen LogP contribution in [0.25, 0.3) is 0 Å². The van der Waals surface area contributed by atoms with E-state index in [-0.39, 0.29) is 4.75 Å². The van der Waals surface area contributed by atoms with Gasteiger partial charge in [0, 0.05) is 10.4 Å². The van der Waals surface area contributed by atoms with Crippen molar-refractivity contribution in [2.75, 3.05) is 0 Å². The van der Waals surface area contributed by atoms with Gasteiger partial charge in [-0.1, -0.05) is 18.2 Å². The molecule has 0 heterocycles. The maximum atomic E-state index is 5.71. The van der Waals surface area contributed by atoms with E-state index in [2.05, 4.69) is 12.6 Å². The summed E-state index contributed by atoms with van der Waals surface area (Å²) in [6.45, 7) is 4.02. The highest BCUT2D eigenvalue weighted by atomic mass is 32.1. The SMILES string of the molecule is CC1=CC(C)(S)C=CC=C1N. The van der Waals surface area contributed by atoms with E-state index >= 15 is 0 Å². The molecule has 1 aliphatic carbocycles. The topological polar surface area (TPSA) is 26.0 Å². The molecular weight excluding hydrogens is 154 g/mol. The quantitative estimate of drug-likeness (QED) is 0.530. The number of rotatable bonds is 0. The lowest BCUT2D eigenvalue weighted by Gasteiger charge is -2.13. The first-order valence-electron chi connectivity index (χ1n) is 3.58. The van der Waals surface area contributed by atoms with Crippen LogP contribution in [0.4, 0.5) is 0 Å². The molecule has 1 nitrogen and oxygen atoms in total. The van der Waals surface area contributed by atoms with Crippen LogP contribution in [0.1, 0.15) is 13.8 Å². The first kappa shape index (κ1) is 8.47. The van der Waals surface area contributed by atoms with E-state index in [0.29, 0.717) is 0 Å². The third-order valence-corrected chi connectivity index (χ3v) is 1.95. The molecule has 0 aromatic rings. The Hall–Kier alpha value is -0.630. The van der Waals surface area contributed by atoms with Gasteiger partial charge < -0.3 is 5.73 Å². The molecule has 1 aliphatic rings. The van der Waals surface area contributed by atoms with Gasteiger partial charge in [-0.05, 0) is 25.5 Å². The predicted molar refractivity (Wildman–Crippen MR) is 52.6 cm³/mol. The number of hydrogen-bond donors (Lipinski definition) is 2. The van der Waals surface area contributed by atoms with E-state index in [1.165, 1.54) is 0 Å². The van der Waals surface area contributed by atoms with Gasteiger partial charge in [-0.3, -0.25) is 0 Å². The Kier molecular flexibility index (Phi) is 2.14. The van der Waals surface area contributed by atoms with Crippen LogP contribution in [0.3, 0.4) is 0 Å². The summed E-state index contributed by atoms with van der Waals surface area (Å²) >= 11 is 4.43. The second kappa shape index (κ2) is 2.78. The third kappa shape index (κ3) is 2.15. The molecule has 0 aromatic heterocycles. The van der Waals surface area contributed by atoms with Gasteiger partial charge in [0.25, 0.3) is 0 Å². The van der Waals surface area contributed by atoms with Crippen molar-refractivity contribution in [3.63, 3.8) is 0 Å². The van der Waals surface area contributed by atoms with Gasteiger partial charge in [-0.2, -0.15) is 12.6 Å². The van der Waals surface area contributed by atoms with E-state index in [1.807, 2.05) is 38.2 Å². The van der Waals surface area contributed by atoms with Crippen LogP contribution < -0.4 is 5.73 Å². The molecule has 1 unspecified atom stereocenters. The lowest BCUT2D eigenvalue weighted by atomic mass is 10.1. The molecule has 0 saturated carbocycles. The minimum Gasteiger partial charge on any atom is -0.399 e. The molecule has 2 heteroatoms. The number of hydrogen-bond acceptors (Lipinski definition) is 2. The summed E-state index contributed by atoms with van der Waals surface area (Å²) in [6.07, 6.45) is 7.90. The Labute approximate surface area is 73.1 Å². The highest BCUT2D eigenvalue weighted by Gasteiger charge is 2.13. The molecule has 1 atom stereocenters. The zero-order chi connectivity index (χ0) is 8.48. The number of allylic oxidation sites excluding steroid dienone is 3. The van der Waals surface area contributed by atoms with Gasteiger partial charge >= 0.3 is 0 Å². The molecule has 0 radical (unpaired) electrons. The fraction of sp³-hybridized carbons (Fsp3) is 0.333. The Morgan fingerprint density at radius 3 is 2.82 bits per heavy atom. The van der Waals surface area contributed by atoms with Crippen molar-refractivity contribution in [1.82, 2.24) is 0 Å². The molecule has 60 valence electrons. The number of thiol groups is 1. The standard InChI is InChI=1S/C9H13NS/c1-7-6-9(2,11)5-3-4-8(7)10/h3-6,11H,10H2,1-2H3. The van der Waals surface area contributed by atoms with Gasteiger partial charge in [0.05, 0.1) is 0 Å². The van der Waals surface area contributed by atoms with Crippen molar-refractivity contribution < 1.29 is 0 Å². The minimum atomic E-state index is -0.165. The molecule has 0 aromatic carbocycles. The van der Waals surface area contributed by atoms with Gasteiger partial charge in [0.1, 0.15) is 0 Å². The van der Waals surface area contributed by atoms with E-state index < -0.39 is 0 Å². The van der Waals surface area contributed by atoms with Gasteiger partial charge in [0.15, 0.2) is 0 Å². The highest BCUT2D eigenvalue weighted by Crippen LogP contribution is 2.23. The van der Waals surface area contributed by atoms with E-state index in [9.17, 15) is 0 Å². The second-order valence-corrected chi connectivity index (χ2v) is 4.00. The lowest BCUT2D eigenvalue weighted by Crippen LogP contribution is -2.09. The molecule has 0 fully saturated rings. The Balaban J connectivity index is 3.03. The normalized spacial score (nSPS) is 30.8. The minimum absolute atomic E-state index is 0.165. The summed E-state index contributed by atoms with van der Waals surface area (Å²) in [4.78, 5) is 0. The summed E-state index contributed by atoms with van der Waals surface area (Å²) in [7, 11) is 0. The lowest BCUT2D eigenvalue weighted by molar-refractivity contribution is 1.01. The third-order valence-electron chi connectivity index (χ3n) is 1.67. The van der Waals surface area contributed by atoms with Crippen LogP contribution in [-0.4, -0.2) is 4.75 Å². The zero-order valence-electron chi connectivity index (χ0n) is 6.83. The maximum Gasteiger partial charge on any atom is 0.0469 e. The summed E-state index contributed by atoms with van der Waals surface area (Å²) < 4.78 is -0.165. The van der Waals surface area contributed by atoms with E-state index in [1.54, 1.807) is 0 Å².